The molecule has 0 aliphatic carbocycles. The van der Waals surface area contributed by atoms with Gasteiger partial charge in [-0.05, 0) is 32.4 Å². The standard InChI is InChI=1S/C13H18O3/c1-9-7-10(2)12(14-4)11(8-9)13(3)15-5-6-16-13/h7-8H,5-6H2,1-4H3. The maximum Gasteiger partial charge on any atom is 0.195 e. The lowest BCUT2D eigenvalue weighted by atomic mass is 9.99. The maximum absolute atomic E-state index is 5.68. The second kappa shape index (κ2) is 4.07. The average Bonchev–Trinajstić information content (AvgIpc) is 2.65. The van der Waals surface area contributed by atoms with E-state index in [-0.39, 0.29) is 0 Å². The van der Waals surface area contributed by atoms with Crippen LogP contribution in [0.5, 0.6) is 5.75 Å². The summed E-state index contributed by atoms with van der Waals surface area (Å²) < 4.78 is 16.8. The summed E-state index contributed by atoms with van der Waals surface area (Å²) in [6, 6.07) is 4.16. The molecule has 1 fully saturated rings. The van der Waals surface area contributed by atoms with Gasteiger partial charge in [-0.25, -0.2) is 0 Å². The molecule has 0 unspecified atom stereocenters. The Hall–Kier alpha value is -1.06. The Kier molecular flexibility index (Phi) is 2.91. The summed E-state index contributed by atoms with van der Waals surface area (Å²) in [5.41, 5.74) is 3.27. The molecule has 2 rings (SSSR count). The highest BCUT2D eigenvalue weighted by molar-refractivity contribution is 5.46. The highest BCUT2D eigenvalue weighted by Gasteiger charge is 2.36. The van der Waals surface area contributed by atoms with Crippen LogP contribution in [0.3, 0.4) is 0 Å². The van der Waals surface area contributed by atoms with Gasteiger partial charge in [0.1, 0.15) is 5.75 Å². The Morgan fingerprint density at radius 1 is 1.19 bits per heavy atom. The summed E-state index contributed by atoms with van der Waals surface area (Å²) in [6.07, 6.45) is 0. The van der Waals surface area contributed by atoms with Crippen LogP contribution in [0.2, 0.25) is 0 Å². The zero-order valence-electron chi connectivity index (χ0n) is 10.3. The molecule has 0 spiro atoms. The molecule has 0 N–H and O–H groups in total. The van der Waals surface area contributed by atoms with E-state index in [0.29, 0.717) is 13.2 Å². The van der Waals surface area contributed by atoms with Crippen LogP contribution in [0, 0.1) is 13.8 Å². The minimum absolute atomic E-state index is 0.632. The Bertz CT molecular complexity index is 392. The Morgan fingerprint density at radius 3 is 2.38 bits per heavy atom. The molecule has 3 heteroatoms. The van der Waals surface area contributed by atoms with Crippen molar-refractivity contribution in [2.75, 3.05) is 20.3 Å². The first-order chi connectivity index (χ1) is 7.57. The Morgan fingerprint density at radius 2 is 1.81 bits per heavy atom. The highest BCUT2D eigenvalue weighted by atomic mass is 16.7. The van der Waals surface area contributed by atoms with Gasteiger partial charge in [0, 0.05) is 0 Å². The predicted octanol–water partition coefficient (Wildman–Crippen LogP) is 2.53. The van der Waals surface area contributed by atoms with Crippen molar-refractivity contribution in [3.05, 3.63) is 28.8 Å². The van der Waals surface area contributed by atoms with E-state index in [0.717, 1.165) is 16.9 Å². The van der Waals surface area contributed by atoms with Gasteiger partial charge in [-0.15, -0.1) is 0 Å². The van der Waals surface area contributed by atoms with E-state index < -0.39 is 5.79 Å². The largest absolute Gasteiger partial charge is 0.496 e. The average molecular weight is 222 g/mol. The lowest BCUT2D eigenvalue weighted by Crippen LogP contribution is -2.23. The van der Waals surface area contributed by atoms with Gasteiger partial charge in [-0.2, -0.15) is 0 Å². The van der Waals surface area contributed by atoms with Crippen molar-refractivity contribution >= 4 is 0 Å². The number of aryl methyl sites for hydroxylation is 2. The molecule has 1 aliphatic heterocycles. The molecule has 0 saturated carbocycles. The van der Waals surface area contributed by atoms with E-state index >= 15 is 0 Å². The molecule has 1 saturated heterocycles. The summed E-state index contributed by atoms with van der Waals surface area (Å²) in [5.74, 6) is 0.192. The van der Waals surface area contributed by atoms with Crippen LogP contribution in [0.1, 0.15) is 23.6 Å². The van der Waals surface area contributed by atoms with Gasteiger partial charge >= 0.3 is 0 Å². The summed E-state index contributed by atoms with van der Waals surface area (Å²) >= 11 is 0. The van der Waals surface area contributed by atoms with Gasteiger partial charge in [0.2, 0.25) is 0 Å². The molecule has 88 valence electrons. The van der Waals surface area contributed by atoms with Gasteiger partial charge in [0.15, 0.2) is 5.79 Å². The van der Waals surface area contributed by atoms with Crippen molar-refractivity contribution in [1.29, 1.82) is 0 Å². The third-order valence-corrected chi connectivity index (χ3v) is 2.95. The van der Waals surface area contributed by atoms with Gasteiger partial charge in [0.05, 0.1) is 25.9 Å². The Balaban J connectivity index is 2.53. The molecule has 1 aromatic rings. The molecule has 0 bridgehead atoms. The second-order valence-electron chi connectivity index (χ2n) is 4.31. The molecule has 0 radical (unpaired) electrons. The zero-order valence-corrected chi connectivity index (χ0v) is 10.3. The van der Waals surface area contributed by atoms with Crippen LogP contribution in [0.15, 0.2) is 12.1 Å². The van der Waals surface area contributed by atoms with Crippen molar-refractivity contribution in [1.82, 2.24) is 0 Å². The topological polar surface area (TPSA) is 27.7 Å². The molecule has 1 aromatic carbocycles. The van der Waals surface area contributed by atoms with E-state index in [1.54, 1.807) is 7.11 Å². The molecule has 1 aliphatic rings. The monoisotopic (exact) mass is 222 g/mol. The molecule has 0 aromatic heterocycles. The minimum atomic E-state index is -0.665. The van der Waals surface area contributed by atoms with Gasteiger partial charge in [-0.1, -0.05) is 11.6 Å². The van der Waals surface area contributed by atoms with Gasteiger partial charge < -0.3 is 14.2 Å². The number of benzene rings is 1. The van der Waals surface area contributed by atoms with Crippen LogP contribution in [0.4, 0.5) is 0 Å². The van der Waals surface area contributed by atoms with Crippen LogP contribution in [-0.4, -0.2) is 20.3 Å². The molecular formula is C13H18O3. The van der Waals surface area contributed by atoms with Crippen LogP contribution < -0.4 is 4.74 Å². The second-order valence-corrected chi connectivity index (χ2v) is 4.31. The van der Waals surface area contributed by atoms with Gasteiger partial charge in [-0.3, -0.25) is 0 Å². The Labute approximate surface area is 96.3 Å². The fraction of sp³-hybridized carbons (Fsp3) is 0.538. The third-order valence-electron chi connectivity index (χ3n) is 2.95. The van der Waals surface area contributed by atoms with Gasteiger partial charge in [0.25, 0.3) is 0 Å². The van der Waals surface area contributed by atoms with E-state index in [2.05, 4.69) is 19.1 Å². The molecule has 16 heavy (non-hydrogen) atoms. The zero-order chi connectivity index (χ0) is 11.8. The van der Waals surface area contributed by atoms with E-state index in [1.165, 1.54) is 5.56 Å². The fourth-order valence-corrected chi connectivity index (χ4v) is 2.23. The molecule has 3 nitrogen and oxygen atoms in total. The van der Waals surface area contributed by atoms with Crippen molar-refractivity contribution in [2.45, 2.75) is 26.6 Å². The smallest absolute Gasteiger partial charge is 0.195 e. The number of methoxy groups -OCH3 is 1. The molecule has 1 heterocycles. The minimum Gasteiger partial charge on any atom is -0.496 e. The lowest BCUT2D eigenvalue weighted by molar-refractivity contribution is -0.150. The fourth-order valence-electron chi connectivity index (χ4n) is 2.23. The maximum atomic E-state index is 5.68. The normalized spacial score (nSPS) is 18.8. The number of rotatable bonds is 2. The molecular weight excluding hydrogens is 204 g/mol. The van der Waals surface area contributed by atoms with Crippen molar-refractivity contribution < 1.29 is 14.2 Å². The van der Waals surface area contributed by atoms with Crippen molar-refractivity contribution in [2.24, 2.45) is 0 Å². The van der Waals surface area contributed by atoms with Crippen LogP contribution in [-0.2, 0) is 15.3 Å². The van der Waals surface area contributed by atoms with Crippen LogP contribution in [0.25, 0.3) is 0 Å². The van der Waals surface area contributed by atoms with E-state index in [9.17, 15) is 0 Å². The van der Waals surface area contributed by atoms with E-state index in [1.807, 2.05) is 13.8 Å². The van der Waals surface area contributed by atoms with Crippen molar-refractivity contribution in [3.8, 4) is 5.75 Å². The van der Waals surface area contributed by atoms with E-state index in [4.69, 9.17) is 14.2 Å². The quantitative estimate of drug-likeness (QED) is 0.769. The first kappa shape index (κ1) is 11.4. The summed E-state index contributed by atoms with van der Waals surface area (Å²) in [5, 5.41) is 0. The first-order valence-electron chi connectivity index (χ1n) is 5.50. The predicted molar refractivity (Wildman–Crippen MR) is 61.7 cm³/mol. The summed E-state index contributed by atoms with van der Waals surface area (Å²) in [4.78, 5) is 0. The summed E-state index contributed by atoms with van der Waals surface area (Å²) in [7, 11) is 1.68. The third kappa shape index (κ3) is 1.81. The van der Waals surface area contributed by atoms with Crippen LogP contribution >= 0.6 is 0 Å². The number of hydrogen-bond acceptors (Lipinski definition) is 3. The number of hydrogen-bond donors (Lipinski definition) is 0. The molecule has 0 atom stereocenters. The first-order valence-corrected chi connectivity index (χ1v) is 5.50. The van der Waals surface area contributed by atoms with Crippen molar-refractivity contribution in [3.63, 3.8) is 0 Å². The highest BCUT2D eigenvalue weighted by Crippen LogP contribution is 2.39. The lowest BCUT2D eigenvalue weighted by Gasteiger charge is -2.26. The number of ether oxygens (including phenoxy) is 3. The molecule has 0 amide bonds. The SMILES string of the molecule is COc1c(C)cc(C)cc1C1(C)OCCO1. The summed E-state index contributed by atoms with van der Waals surface area (Å²) in [6.45, 7) is 7.30.